The van der Waals surface area contributed by atoms with Crippen LogP contribution in [0.15, 0.2) is 36.5 Å². The molecule has 2 aromatic heterocycles. The summed E-state index contributed by atoms with van der Waals surface area (Å²) >= 11 is 0. The smallest absolute Gasteiger partial charge is 0.441 e. The number of amides is 1. The molecular weight excluding hydrogens is 470 g/mol. The summed E-state index contributed by atoms with van der Waals surface area (Å²) in [5.74, 6) is -0.186. The third-order valence-electron chi connectivity index (χ3n) is 5.53. The molecule has 0 bridgehead atoms. The van der Waals surface area contributed by atoms with Crippen LogP contribution in [0.4, 0.5) is 14.9 Å². The molecule has 178 valence electrons. The van der Waals surface area contributed by atoms with E-state index < -0.39 is 31.9 Å². The highest BCUT2D eigenvalue weighted by molar-refractivity contribution is 7.46. The van der Waals surface area contributed by atoms with Gasteiger partial charge >= 0.3 is 13.9 Å². The number of cyclic esters (lactones) is 1. The Morgan fingerprint density at radius 1 is 1.26 bits per heavy atom. The molecule has 1 aliphatic carbocycles. The number of anilines is 1. The van der Waals surface area contributed by atoms with Gasteiger partial charge in [0.25, 0.3) is 0 Å². The molecule has 3 aromatic rings. The number of tetrazole rings is 1. The molecule has 2 N–H and O–H groups in total. The Kier molecular flexibility index (Phi) is 5.64. The zero-order valence-electron chi connectivity index (χ0n) is 17.9. The van der Waals surface area contributed by atoms with Crippen LogP contribution in [0.1, 0.15) is 25.8 Å². The first-order valence-electron chi connectivity index (χ1n) is 10.5. The van der Waals surface area contributed by atoms with Crippen molar-refractivity contribution in [2.45, 2.75) is 38.0 Å². The van der Waals surface area contributed by atoms with Crippen LogP contribution in [0.5, 0.6) is 0 Å². The zero-order chi connectivity index (χ0) is 24.0. The number of pyridine rings is 1. The van der Waals surface area contributed by atoms with Gasteiger partial charge in [-0.05, 0) is 49.2 Å². The van der Waals surface area contributed by atoms with Crippen molar-refractivity contribution in [3.05, 3.63) is 42.3 Å². The number of phosphoric ester groups is 1. The number of halogens is 1. The molecule has 1 amide bonds. The molecule has 1 aromatic carbocycles. The number of carbonyl (C=O) groups is 1. The van der Waals surface area contributed by atoms with Crippen LogP contribution in [-0.2, 0) is 13.8 Å². The summed E-state index contributed by atoms with van der Waals surface area (Å²) in [5, 5.41) is 12.4. The summed E-state index contributed by atoms with van der Waals surface area (Å²) in [7, 11) is -4.75. The molecule has 1 saturated carbocycles. The Balaban J connectivity index is 1.30. The molecule has 2 atom stereocenters. The Labute approximate surface area is 192 Å². The second-order valence-electron chi connectivity index (χ2n) is 8.09. The summed E-state index contributed by atoms with van der Waals surface area (Å²) in [6.07, 6.45) is 0.832. The van der Waals surface area contributed by atoms with E-state index in [4.69, 9.17) is 14.5 Å². The van der Waals surface area contributed by atoms with Gasteiger partial charge in [0.05, 0.1) is 18.3 Å². The molecule has 14 heteroatoms. The van der Waals surface area contributed by atoms with Crippen LogP contribution in [0.2, 0.25) is 0 Å². The molecule has 3 heterocycles. The van der Waals surface area contributed by atoms with Crippen LogP contribution in [0.25, 0.3) is 22.6 Å². The highest BCUT2D eigenvalue weighted by Crippen LogP contribution is 2.39. The van der Waals surface area contributed by atoms with Gasteiger partial charge in [-0.3, -0.25) is 14.4 Å². The van der Waals surface area contributed by atoms with E-state index in [1.807, 2.05) is 0 Å². The van der Waals surface area contributed by atoms with Gasteiger partial charge in [-0.2, -0.15) is 4.80 Å². The van der Waals surface area contributed by atoms with E-state index in [0.717, 1.165) is 12.8 Å². The lowest BCUT2D eigenvalue weighted by molar-refractivity contribution is 0.0387. The molecule has 2 fully saturated rings. The summed E-state index contributed by atoms with van der Waals surface area (Å²) in [6.45, 7) is 1.33. The van der Waals surface area contributed by atoms with Gasteiger partial charge in [0.1, 0.15) is 23.7 Å². The van der Waals surface area contributed by atoms with Crippen molar-refractivity contribution in [3.63, 3.8) is 0 Å². The quantitative estimate of drug-likeness (QED) is 0.473. The van der Waals surface area contributed by atoms with Gasteiger partial charge in [0, 0.05) is 17.3 Å². The first-order valence-corrected chi connectivity index (χ1v) is 12.0. The summed E-state index contributed by atoms with van der Waals surface area (Å²) < 4.78 is 35.7. The monoisotopic (exact) mass is 490 g/mol. The lowest BCUT2D eigenvalue weighted by atomic mass is 10.1. The number of benzene rings is 1. The van der Waals surface area contributed by atoms with Crippen LogP contribution in [0, 0.1) is 5.82 Å². The number of hydrogen-bond donors (Lipinski definition) is 2. The topological polar surface area (TPSA) is 153 Å². The van der Waals surface area contributed by atoms with Crippen LogP contribution < -0.4 is 4.90 Å². The van der Waals surface area contributed by atoms with Gasteiger partial charge in [-0.15, -0.1) is 10.2 Å². The maximum absolute atomic E-state index is 14.9. The molecule has 1 aliphatic heterocycles. The van der Waals surface area contributed by atoms with Gasteiger partial charge in [-0.25, -0.2) is 13.8 Å². The SMILES string of the molecule is CC(OP(=O)(O)O)[C@@H]1CN(c2ccc(-c3ccc(-c4nnn(C5CC5)n4)nc3)c(F)c2)C(=O)O1. The Morgan fingerprint density at radius 3 is 2.71 bits per heavy atom. The van der Waals surface area contributed by atoms with Gasteiger partial charge in [-0.1, -0.05) is 6.07 Å². The second kappa shape index (κ2) is 8.51. The molecular formula is C20H20FN6O6P. The molecule has 12 nitrogen and oxygen atoms in total. The third kappa shape index (κ3) is 4.68. The normalized spacial score (nSPS) is 19.4. The van der Waals surface area contributed by atoms with E-state index >= 15 is 0 Å². The van der Waals surface area contributed by atoms with Crippen molar-refractivity contribution >= 4 is 19.6 Å². The zero-order valence-corrected chi connectivity index (χ0v) is 18.7. The fourth-order valence-electron chi connectivity index (χ4n) is 3.60. The minimum absolute atomic E-state index is 0.0520. The Morgan fingerprint density at radius 2 is 2.06 bits per heavy atom. The van der Waals surface area contributed by atoms with Gasteiger partial charge in [0.2, 0.25) is 5.82 Å². The van der Waals surface area contributed by atoms with Crippen LogP contribution in [0.3, 0.4) is 0 Å². The van der Waals surface area contributed by atoms with Gasteiger partial charge < -0.3 is 14.5 Å². The van der Waals surface area contributed by atoms with Crippen molar-refractivity contribution in [2.75, 3.05) is 11.4 Å². The maximum atomic E-state index is 14.9. The summed E-state index contributed by atoms with van der Waals surface area (Å²) in [5.41, 5.74) is 1.56. The first-order chi connectivity index (χ1) is 16.2. The van der Waals surface area contributed by atoms with Crippen LogP contribution >= 0.6 is 7.82 Å². The minimum Gasteiger partial charge on any atom is -0.441 e. The van der Waals surface area contributed by atoms with E-state index in [1.54, 1.807) is 23.0 Å². The minimum atomic E-state index is -4.75. The number of nitrogens with zero attached hydrogens (tertiary/aromatic N) is 6. The Bertz CT molecular complexity index is 1280. The first kappa shape index (κ1) is 22.5. The standard InChI is InChI=1S/C20H20FN6O6P/c1-11(33-34(29,30)31)18-10-26(20(28)32-18)14-5-6-15(16(21)8-14)12-2-7-17(22-9-12)19-23-25-27(24-19)13-3-4-13/h2,5-9,11,13,18H,3-4,10H2,1H3,(H2,29,30,31)/t11?,18-/m0/s1. The number of carbonyl (C=O) groups excluding carboxylic acids is 1. The molecule has 0 radical (unpaired) electrons. The highest BCUT2D eigenvalue weighted by Gasteiger charge is 2.38. The summed E-state index contributed by atoms with van der Waals surface area (Å²) in [6, 6.07) is 7.93. The number of aromatic nitrogens is 5. The predicted molar refractivity (Wildman–Crippen MR) is 115 cm³/mol. The van der Waals surface area contributed by atoms with E-state index in [9.17, 15) is 13.8 Å². The number of rotatable bonds is 7. The fourth-order valence-corrected chi connectivity index (χ4v) is 4.17. The largest absolute Gasteiger partial charge is 0.469 e. The number of hydrogen-bond acceptors (Lipinski definition) is 8. The third-order valence-corrected chi connectivity index (χ3v) is 6.14. The molecule has 5 rings (SSSR count). The van der Waals surface area contributed by atoms with Gasteiger partial charge in [0.15, 0.2) is 0 Å². The van der Waals surface area contributed by atoms with E-state index in [0.29, 0.717) is 23.1 Å². The Hall–Kier alpha value is -3.25. The molecule has 2 aliphatic rings. The van der Waals surface area contributed by atoms with Crippen molar-refractivity contribution in [1.29, 1.82) is 0 Å². The van der Waals surface area contributed by atoms with E-state index in [-0.39, 0.29) is 17.8 Å². The molecule has 34 heavy (non-hydrogen) atoms. The molecule has 1 saturated heterocycles. The summed E-state index contributed by atoms with van der Waals surface area (Å²) in [4.78, 5) is 37.2. The molecule has 0 spiro atoms. The maximum Gasteiger partial charge on any atom is 0.469 e. The number of ether oxygens (including phenoxy) is 1. The van der Waals surface area contributed by atoms with Crippen molar-refractivity contribution in [2.24, 2.45) is 0 Å². The lowest BCUT2D eigenvalue weighted by Crippen LogP contribution is -2.30. The predicted octanol–water partition coefficient (Wildman–Crippen LogP) is 2.70. The van der Waals surface area contributed by atoms with E-state index in [1.165, 1.54) is 30.2 Å². The average Bonchev–Trinajstić information content (AvgIpc) is 3.37. The fraction of sp³-hybridized carbons (Fsp3) is 0.350. The van der Waals surface area contributed by atoms with Crippen molar-refractivity contribution < 1.29 is 32.8 Å². The van der Waals surface area contributed by atoms with Crippen LogP contribution in [-0.4, -0.2) is 59.8 Å². The lowest BCUT2D eigenvalue weighted by Gasteiger charge is -2.18. The second-order valence-corrected chi connectivity index (χ2v) is 9.29. The highest BCUT2D eigenvalue weighted by atomic mass is 31.2. The molecule has 1 unspecified atom stereocenters. The average molecular weight is 490 g/mol. The van der Waals surface area contributed by atoms with Crippen molar-refractivity contribution in [1.82, 2.24) is 25.2 Å². The number of phosphoric acid groups is 1. The van der Waals surface area contributed by atoms with E-state index in [2.05, 4.69) is 24.9 Å². The van der Waals surface area contributed by atoms with Crippen molar-refractivity contribution in [3.8, 4) is 22.6 Å².